The van der Waals surface area contributed by atoms with Crippen molar-refractivity contribution in [1.82, 2.24) is 20.2 Å². The Hall–Kier alpha value is -2.04. The third kappa shape index (κ3) is 0.807. The van der Waals surface area contributed by atoms with Crippen molar-refractivity contribution in [3.63, 3.8) is 0 Å². The Labute approximate surface area is 72.4 Å². The molecule has 0 radical (unpaired) electrons. The lowest BCUT2D eigenvalue weighted by atomic mass is 10.3. The van der Waals surface area contributed by atoms with Crippen LogP contribution in [0.2, 0.25) is 0 Å². The smallest absolute Gasteiger partial charge is 0.267 e. The highest BCUT2D eigenvalue weighted by Crippen LogP contribution is 2.21. The Kier molecular flexibility index (Phi) is 1.11. The van der Waals surface area contributed by atoms with E-state index < -0.39 is 0 Å². The van der Waals surface area contributed by atoms with Crippen molar-refractivity contribution in [1.29, 1.82) is 0 Å². The van der Waals surface area contributed by atoms with Crippen LogP contribution in [-0.2, 0) is 0 Å². The molecule has 0 aliphatic rings. The van der Waals surface area contributed by atoms with Gasteiger partial charge in [-0.05, 0) is 12.1 Å². The maximum absolute atomic E-state index is 5.31. The fourth-order valence-electron chi connectivity index (χ4n) is 1.26. The monoisotopic (exact) mass is 172 g/mol. The summed E-state index contributed by atoms with van der Waals surface area (Å²) in [5, 5.41) is 8.29. The van der Waals surface area contributed by atoms with Crippen LogP contribution in [-0.4, -0.2) is 20.2 Å². The van der Waals surface area contributed by atoms with E-state index in [4.69, 9.17) is 4.42 Å². The number of fused-ring (bicyclic) bond motifs is 3. The molecule has 0 saturated carbocycles. The third-order valence-corrected chi connectivity index (χ3v) is 1.81. The van der Waals surface area contributed by atoms with Gasteiger partial charge in [0.1, 0.15) is 11.8 Å². The van der Waals surface area contributed by atoms with Crippen LogP contribution in [0.3, 0.4) is 0 Å². The predicted molar refractivity (Wildman–Crippen MR) is 44.9 cm³/mol. The summed E-state index contributed by atoms with van der Waals surface area (Å²) < 4.78 is 5.31. The van der Waals surface area contributed by atoms with Gasteiger partial charge in [-0.3, -0.25) is 0 Å². The van der Waals surface area contributed by atoms with Gasteiger partial charge >= 0.3 is 0 Å². The number of aromatic nitrogens is 4. The largest absolute Gasteiger partial charge is 0.416 e. The first kappa shape index (κ1) is 6.47. The Morgan fingerprint density at radius 3 is 3.15 bits per heavy atom. The van der Waals surface area contributed by atoms with Crippen molar-refractivity contribution in [2.75, 3.05) is 0 Å². The maximum atomic E-state index is 5.31. The molecule has 0 amide bonds. The second-order valence-corrected chi connectivity index (χ2v) is 2.57. The number of nitrogens with zero attached hydrogens (tertiary/aromatic N) is 4. The van der Waals surface area contributed by atoms with E-state index in [1.165, 1.54) is 6.33 Å². The van der Waals surface area contributed by atoms with Crippen LogP contribution in [0.15, 0.2) is 29.1 Å². The van der Waals surface area contributed by atoms with Gasteiger partial charge in [0, 0.05) is 6.20 Å². The van der Waals surface area contributed by atoms with Crippen LogP contribution < -0.4 is 0 Å². The highest BCUT2D eigenvalue weighted by molar-refractivity contribution is 5.98. The average molecular weight is 172 g/mol. The Morgan fingerprint density at radius 1 is 1.15 bits per heavy atom. The molecule has 3 aromatic heterocycles. The van der Waals surface area contributed by atoms with Gasteiger partial charge in [0.15, 0.2) is 0 Å². The van der Waals surface area contributed by atoms with Gasteiger partial charge in [0.05, 0.1) is 5.39 Å². The molecule has 62 valence electrons. The molecule has 0 aliphatic heterocycles. The fourth-order valence-corrected chi connectivity index (χ4v) is 1.26. The van der Waals surface area contributed by atoms with Crippen molar-refractivity contribution in [2.45, 2.75) is 0 Å². The van der Waals surface area contributed by atoms with Crippen molar-refractivity contribution in [3.05, 3.63) is 24.7 Å². The molecule has 3 heterocycles. The van der Waals surface area contributed by atoms with Crippen molar-refractivity contribution in [2.24, 2.45) is 0 Å². The quantitative estimate of drug-likeness (QED) is 0.509. The van der Waals surface area contributed by atoms with Crippen LogP contribution >= 0.6 is 0 Å². The van der Waals surface area contributed by atoms with E-state index in [1.807, 2.05) is 12.1 Å². The van der Waals surface area contributed by atoms with E-state index in [-0.39, 0.29) is 0 Å². The second kappa shape index (κ2) is 2.22. The zero-order chi connectivity index (χ0) is 8.67. The molecule has 0 saturated heterocycles. The van der Waals surface area contributed by atoms with Gasteiger partial charge in [0.25, 0.3) is 5.71 Å². The molecule has 0 aromatic carbocycles. The predicted octanol–water partition coefficient (Wildman–Crippen LogP) is 1.17. The van der Waals surface area contributed by atoms with Crippen LogP contribution in [0.4, 0.5) is 0 Å². The van der Waals surface area contributed by atoms with Crippen LogP contribution in [0, 0.1) is 0 Å². The lowest BCUT2D eigenvalue weighted by Gasteiger charge is -1.82. The van der Waals surface area contributed by atoms with Crippen molar-refractivity contribution < 1.29 is 4.42 Å². The Morgan fingerprint density at radius 2 is 2.15 bits per heavy atom. The molecule has 0 unspecified atom stereocenters. The molecular formula is C8H4N4O. The van der Waals surface area contributed by atoms with E-state index in [1.54, 1.807) is 6.20 Å². The Bertz CT molecular complexity index is 524. The molecule has 3 aromatic rings. The normalized spacial score (nSPS) is 11.1. The minimum atomic E-state index is 0.427. The highest BCUT2D eigenvalue weighted by Gasteiger charge is 2.08. The van der Waals surface area contributed by atoms with Gasteiger partial charge in [-0.15, -0.1) is 10.2 Å². The molecular weight excluding hydrogens is 168 g/mol. The molecule has 3 rings (SSSR count). The highest BCUT2D eigenvalue weighted by atomic mass is 16.3. The first-order chi connectivity index (χ1) is 6.45. The van der Waals surface area contributed by atoms with E-state index >= 15 is 0 Å². The van der Waals surface area contributed by atoms with Gasteiger partial charge in [-0.2, -0.15) is 0 Å². The molecule has 13 heavy (non-hydrogen) atoms. The summed E-state index contributed by atoms with van der Waals surface area (Å²) in [6, 6.07) is 3.72. The number of hydrogen-bond donors (Lipinski definition) is 0. The Balaban J connectivity index is 2.64. The zero-order valence-corrected chi connectivity index (χ0v) is 6.51. The molecule has 0 N–H and O–H groups in total. The standard InChI is InChI=1S/C8H4N4O/c1-2-5-6-8(12-11-4-10-6)13-7(5)9-3-1/h1-4H. The van der Waals surface area contributed by atoms with E-state index in [0.29, 0.717) is 16.9 Å². The van der Waals surface area contributed by atoms with E-state index in [9.17, 15) is 0 Å². The van der Waals surface area contributed by atoms with Crippen LogP contribution in [0.1, 0.15) is 0 Å². The van der Waals surface area contributed by atoms with Gasteiger partial charge in [-0.1, -0.05) is 0 Å². The fraction of sp³-hybridized carbons (Fsp3) is 0. The molecule has 0 bridgehead atoms. The summed E-state index contributed by atoms with van der Waals surface area (Å²) in [6.45, 7) is 0. The molecule has 5 nitrogen and oxygen atoms in total. The molecule has 0 atom stereocenters. The van der Waals surface area contributed by atoms with Crippen molar-refractivity contribution >= 4 is 22.3 Å². The summed E-state index contributed by atoms with van der Waals surface area (Å²) in [6.07, 6.45) is 3.06. The molecule has 0 aliphatic carbocycles. The van der Waals surface area contributed by atoms with Crippen LogP contribution in [0.25, 0.3) is 22.3 Å². The summed E-state index contributed by atoms with van der Waals surface area (Å²) in [7, 11) is 0. The lowest BCUT2D eigenvalue weighted by Crippen LogP contribution is -1.81. The number of furan rings is 1. The molecule has 0 fully saturated rings. The summed E-state index contributed by atoms with van der Waals surface area (Å²) >= 11 is 0. The molecule has 5 heteroatoms. The first-order valence-corrected chi connectivity index (χ1v) is 3.76. The topological polar surface area (TPSA) is 64.7 Å². The van der Waals surface area contributed by atoms with Crippen molar-refractivity contribution in [3.8, 4) is 0 Å². The minimum absolute atomic E-state index is 0.427. The average Bonchev–Trinajstić information content (AvgIpc) is 2.56. The first-order valence-electron chi connectivity index (χ1n) is 3.76. The third-order valence-electron chi connectivity index (χ3n) is 1.81. The molecule has 0 spiro atoms. The summed E-state index contributed by atoms with van der Waals surface area (Å²) in [5.74, 6) is 0. The van der Waals surface area contributed by atoms with Gasteiger partial charge in [-0.25, -0.2) is 9.97 Å². The van der Waals surface area contributed by atoms with E-state index in [0.717, 1.165) is 5.39 Å². The van der Waals surface area contributed by atoms with Gasteiger partial charge in [0.2, 0.25) is 5.71 Å². The maximum Gasteiger partial charge on any atom is 0.267 e. The number of hydrogen-bond acceptors (Lipinski definition) is 5. The van der Waals surface area contributed by atoms with Gasteiger partial charge < -0.3 is 4.42 Å². The second-order valence-electron chi connectivity index (χ2n) is 2.57. The number of rotatable bonds is 0. The van der Waals surface area contributed by atoms with E-state index in [2.05, 4.69) is 20.2 Å². The SMILES string of the molecule is c1cnc2oc3nncnc3c2c1. The minimum Gasteiger partial charge on any atom is -0.416 e. The zero-order valence-electron chi connectivity index (χ0n) is 6.51. The number of pyridine rings is 1. The summed E-state index contributed by atoms with van der Waals surface area (Å²) in [4.78, 5) is 8.11. The van der Waals surface area contributed by atoms with Crippen LogP contribution in [0.5, 0.6) is 0 Å². The summed E-state index contributed by atoms with van der Waals surface area (Å²) in [5.41, 5.74) is 1.68. The lowest BCUT2D eigenvalue weighted by molar-refractivity contribution is 0.630.